The molecule has 0 unspecified atom stereocenters. The van der Waals surface area contributed by atoms with Crippen molar-refractivity contribution >= 4 is 40.3 Å². The van der Waals surface area contributed by atoms with E-state index in [1.165, 1.54) is 11.8 Å². The first-order valence-electron chi connectivity index (χ1n) is 5.17. The fourth-order valence-corrected chi connectivity index (χ4v) is 2.60. The van der Waals surface area contributed by atoms with E-state index in [4.69, 9.17) is 12.2 Å². The summed E-state index contributed by atoms with van der Waals surface area (Å²) >= 11 is 6.16. The summed E-state index contributed by atoms with van der Waals surface area (Å²) in [6.45, 7) is 1.97. The Balaban J connectivity index is 2.33. The molecule has 5 heteroatoms. The van der Waals surface area contributed by atoms with Crippen molar-refractivity contribution in [1.82, 2.24) is 5.32 Å². The first kappa shape index (κ1) is 12.1. The number of carbonyl (C=O) groups excluding carboxylic acids is 1. The molecule has 0 aromatic heterocycles. The molecule has 17 heavy (non-hydrogen) atoms. The molecule has 1 heterocycles. The number of hydrogen-bond acceptors (Lipinski definition) is 4. The second-order valence-electron chi connectivity index (χ2n) is 3.59. The van der Waals surface area contributed by atoms with Crippen LogP contribution in [0.4, 0.5) is 0 Å². The fraction of sp³-hybridized carbons (Fsp3) is 0.167. The molecule has 1 amide bonds. The Kier molecular flexibility index (Phi) is 3.49. The van der Waals surface area contributed by atoms with E-state index < -0.39 is 0 Å². The molecule has 1 aliphatic rings. The van der Waals surface area contributed by atoms with Gasteiger partial charge in [-0.2, -0.15) is 0 Å². The van der Waals surface area contributed by atoms with Gasteiger partial charge in [0.1, 0.15) is 10.1 Å². The maximum atomic E-state index is 11.5. The van der Waals surface area contributed by atoms with Crippen LogP contribution in [-0.4, -0.2) is 15.3 Å². The topological polar surface area (TPSA) is 49.3 Å². The van der Waals surface area contributed by atoms with Crippen LogP contribution >= 0.6 is 24.0 Å². The lowest BCUT2D eigenvalue weighted by Gasteiger charge is -2.03. The minimum Gasteiger partial charge on any atom is -0.508 e. The van der Waals surface area contributed by atoms with Crippen molar-refractivity contribution in [1.29, 1.82) is 0 Å². The number of aryl methyl sites for hydroxylation is 1. The van der Waals surface area contributed by atoms with Crippen LogP contribution in [0.1, 0.15) is 18.1 Å². The summed E-state index contributed by atoms with van der Waals surface area (Å²) in [5, 5.41) is 12.1. The van der Waals surface area contributed by atoms with Crippen molar-refractivity contribution in [3.8, 4) is 5.75 Å². The third-order valence-electron chi connectivity index (χ3n) is 2.42. The molecule has 1 aromatic rings. The van der Waals surface area contributed by atoms with Crippen LogP contribution in [-0.2, 0) is 11.2 Å². The predicted octanol–water partition coefficient (Wildman–Crippen LogP) is 2.44. The number of nitrogens with one attached hydrogen (secondary N) is 1. The highest BCUT2D eigenvalue weighted by atomic mass is 32.2. The van der Waals surface area contributed by atoms with E-state index in [1.807, 2.05) is 13.0 Å². The zero-order chi connectivity index (χ0) is 12.4. The van der Waals surface area contributed by atoms with Crippen molar-refractivity contribution in [2.75, 3.05) is 0 Å². The minimum absolute atomic E-state index is 0.161. The van der Waals surface area contributed by atoms with Gasteiger partial charge in [-0.05, 0) is 35.8 Å². The first-order valence-corrected chi connectivity index (χ1v) is 6.39. The molecule has 1 saturated heterocycles. The van der Waals surface area contributed by atoms with E-state index in [9.17, 15) is 9.90 Å². The van der Waals surface area contributed by atoms with E-state index in [0.29, 0.717) is 9.23 Å². The lowest BCUT2D eigenvalue weighted by Crippen LogP contribution is -2.17. The van der Waals surface area contributed by atoms with E-state index in [-0.39, 0.29) is 11.7 Å². The molecule has 2 rings (SSSR count). The molecule has 0 aliphatic carbocycles. The quantitative estimate of drug-likeness (QED) is 0.637. The number of amides is 1. The van der Waals surface area contributed by atoms with Gasteiger partial charge < -0.3 is 10.4 Å². The molecule has 1 aliphatic heterocycles. The molecule has 0 atom stereocenters. The van der Waals surface area contributed by atoms with Gasteiger partial charge in [-0.1, -0.05) is 37.0 Å². The molecule has 2 N–H and O–H groups in total. The Morgan fingerprint density at radius 2 is 2.29 bits per heavy atom. The van der Waals surface area contributed by atoms with Crippen LogP contribution < -0.4 is 5.32 Å². The lowest BCUT2D eigenvalue weighted by atomic mass is 10.1. The molecular weight excluding hydrogens is 254 g/mol. The molecule has 1 fully saturated rings. The highest BCUT2D eigenvalue weighted by Gasteiger charge is 2.21. The summed E-state index contributed by atoms with van der Waals surface area (Å²) in [5.74, 6) is 0.125. The van der Waals surface area contributed by atoms with Crippen LogP contribution in [0, 0.1) is 0 Å². The number of phenolic OH excluding ortho intramolecular Hbond substituents is 1. The number of aromatic hydroxyl groups is 1. The number of thiocarbonyl (C=S) groups is 1. The standard InChI is InChI=1S/C12H11NO2S2/c1-2-8-5-7(3-4-9(8)14)6-10-11(15)13-12(16)17-10/h3-6,14H,2H2,1H3,(H,13,15,16)/b10-6-. The van der Waals surface area contributed by atoms with Gasteiger partial charge in [-0.25, -0.2) is 0 Å². The van der Waals surface area contributed by atoms with Crippen molar-refractivity contribution in [2.24, 2.45) is 0 Å². The number of thioether (sulfide) groups is 1. The lowest BCUT2D eigenvalue weighted by molar-refractivity contribution is -0.115. The maximum absolute atomic E-state index is 11.5. The van der Waals surface area contributed by atoms with E-state index in [1.54, 1.807) is 18.2 Å². The number of phenols is 1. The van der Waals surface area contributed by atoms with Crippen molar-refractivity contribution in [2.45, 2.75) is 13.3 Å². The highest BCUT2D eigenvalue weighted by molar-refractivity contribution is 8.26. The third kappa shape index (κ3) is 2.68. The van der Waals surface area contributed by atoms with E-state index >= 15 is 0 Å². The summed E-state index contributed by atoms with van der Waals surface area (Å²) in [6, 6.07) is 5.29. The third-order valence-corrected chi connectivity index (χ3v) is 3.59. The van der Waals surface area contributed by atoms with Crippen LogP contribution in [0.15, 0.2) is 23.1 Å². The summed E-state index contributed by atoms with van der Waals surface area (Å²) < 4.78 is 0.482. The Labute approximate surface area is 109 Å². The van der Waals surface area contributed by atoms with Crippen LogP contribution in [0.3, 0.4) is 0 Å². The van der Waals surface area contributed by atoms with Gasteiger partial charge in [-0.15, -0.1) is 0 Å². The van der Waals surface area contributed by atoms with Crippen LogP contribution in [0.25, 0.3) is 6.08 Å². The average molecular weight is 265 g/mol. The fourth-order valence-electron chi connectivity index (χ4n) is 1.55. The molecule has 0 saturated carbocycles. The number of carbonyl (C=O) groups is 1. The van der Waals surface area contributed by atoms with Crippen LogP contribution in [0.2, 0.25) is 0 Å². The maximum Gasteiger partial charge on any atom is 0.263 e. The van der Waals surface area contributed by atoms with E-state index in [0.717, 1.165) is 17.5 Å². The second kappa shape index (κ2) is 4.89. The normalized spacial score (nSPS) is 17.6. The van der Waals surface area contributed by atoms with Crippen molar-refractivity contribution < 1.29 is 9.90 Å². The summed E-state index contributed by atoms with van der Waals surface area (Å²) in [4.78, 5) is 12.1. The average Bonchev–Trinajstić information content (AvgIpc) is 2.60. The highest BCUT2D eigenvalue weighted by Crippen LogP contribution is 2.27. The molecule has 88 valence electrons. The smallest absolute Gasteiger partial charge is 0.263 e. The Morgan fingerprint density at radius 1 is 1.53 bits per heavy atom. The molecule has 0 radical (unpaired) electrons. The Bertz CT molecular complexity index is 523. The zero-order valence-corrected chi connectivity index (χ0v) is 10.8. The second-order valence-corrected chi connectivity index (χ2v) is 5.31. The van der Waals surface area contributed by atoms with Gasteiger partial charge in [0.2, 0.25) is 0 Å². The van der Waals surface area contributed by atoms with Crippen molar-refractivity contribution in [3.63, 3.8) is 0 Å². The summed E-state index contributed by atoms with van der Waals surface area (Å²) in [5.41, 5.74) is 1.76. The van der Waals surface area contributed by atoms with Gasteiger partial charge in [0, 0.05) is 0 Å². The minimum atomic E-state index is -0.161. The molecule has 0 bridgehead atoms. The summed E-state index contributed by atoms with van der Waals surface area (Å²) in [6.07, 6.45) is 2.53. The van der Waals surface area contributed by atoms with E-state index in [2.05, 4.69) is 5.32 Å². The Morgan fingerprint density at radius 3 is 2.88 bits per heavy atom. The first-order chi connectivity index (χ1) is 8.10. The monoisotopic (exact) mass is 265 g/mol. The van der Waals surface area contributed by atoms with Crippen molar-refractivity contribution in [3.05, 3.63) is 34.2 Å². The molecule has 1 aromatic carbocycles. The zero-order valence-electron chi connectivity index (χ0n) is 9.19. The largest absolute Gasteiger partial charge is 0.508 e. The van der Waals surface area contributed by atoms with Gasteiger partial charge in [0.05, 0.1) is 4.91 Å². The van der Waals surface area contributed by atoms with Gasteiger partial charge in [0.15, 0.2) is 0 Å². The van der Waals surface area contributed by atoms with Crippen LogP contribution in [0.5, 0.6) is 5.75 Å². The van der Waals surface area contributed by atoms with Gasteiger partial charge >= 0.3 is 0 Å². The number of rotatable bonds is 2. The molecular formula is C12H11NO2S2. The SMILES string of the molecule is CCc1cc(/C=C2\SC(=S)NC2=O)ccc1O. The predicted molar refractivity (Wildman–Crippen MR) is 73.8 cm³/mol. The number of hydrogen-bond donors (Lipinski definition) is 2. The van der Waals surface area contributed by atoms with Gasteiger partial charge in [-0.3, -0.25) is 4.79 Å². The Hall–Kier alpha value is -1.33. The summed E-state index contributed by atoms with van der Waals surface area (Å²) in [7, 11) is 0. The van der Waals surface area contributed by atoms with Gasteiger partial charge in [0.25, 0.3) is 5.91 Å². The molecule has 3 nitrogen and oxygen atoms in total. The molecule has 0 spiro atoms. The number of benzene rings is 1.